The highest BCUT2D eigenvalue weighted by molar-refractivity contribution is 5.75. The lowest BCUT2D eigenvalue weighted by Crippen LogP contribution is -1.99. The van der Waals surface area contributed by atoms with E-state index in [0.717, 1.165) is 0 Å². The number of nitrogen functional groups attached to an aromatic ring is 1. The Bertz CT molecular complexity index is 587. The van der Waals surface area contributed by atoms with E-state index in [9.17, 15) is 4.39 Å². The molecule has 4 heteroatoms. The van der Waals surface area contributed by atoms with Crippen molar-refractivity contribution in [2.75, 3.05) is 11.1 Å². The number of hydrogen-bond acceptors (Lipinski definition) is 3. The van der Waals surface area contributed by atoms with Crippen molar-refractivity contribution in [3.8, 4) is 6.07 Å². The van der Waals surface area contributed by atoms with E-state index >= 15 is 0 Å². The van der Waals surface area contributed by atoms with Gasteiger partial charge in [0.15, 0.2) is 0 Å². The predicted octanol–water partition coefficient (Wildman–Crippen LogP) is 3.02. The van der Waals surface area contributed by atoms with Crippen LogP contribution in [-0.4, -0.2) is 0 Å². The Morgan fingerprint density at radius 3 is 2.47 bits per heavy atom. The van der Waals surface area contributed by atoms with Gasteiger partial charge in [0, 0.05) is 0 Å². The maximum absolute atomic E-state index is 13.4. The average Bonchev–Trinajstić information content (AvgIpc) is 2.32. The molecule has 0 aromatic heterocycles. The van der Waals surface area contributed by atoms with Crippen LogP contribution in [0.5, 0.6) is 0 Å². The average molecular weight is 227 g/mol. The molecule has 2 aromatic carbocycles. The quantitative estimate of drug-likeness (QED) is 0.775. The van der Waals surface area contributed by atoms with Gasteiger partial charge in [-0.15, -0.1) is 0 Å². The summed E-state index contributed by atoms with van der Waals surface area (Å²) in [6.07, 6.45) is 0. The third kappa shape index (κ3) is 2.18. The zero-order valence-corrected chi connectivity index (χ0v) is 8.94. The van der Waals surface area contributed by atoms with E-state index in [1.807, 2.05) is 12.1 Å². The molecule has 0 saturated heterocycles. The van der Waals surface area contributed by atoms with Gasteiger partial charge in [-0.2, -0.15) is 5.26 Å². The van der Waals surface area contributed by atoms with Crippen molar-refractivity contribution >= 4 is 17.1 Å². The Balaban J connectivity index is 2.41. The number of nitrogens with two attached hydrogens (primary N) is 1. The number of hydrogen-bond donors (Lipinski definition) is 2. The lowest BCUT2D eigenvalue weighted by Gasteiger charge is -2.10. The third-order valence-corrected chi connectivity index (χ3v) is 2.36. The highest BCUT2D eigenvalue weighted by Crippen LogP contribution is 2.25. The number of para-hydroxylation sites is 2. The SMILES string of the molecule is N#Cc1c(F)cccc1Nc1ccccc1N. The van der Waals surface area contributed by atoms with Crippen LogP contribution in [-0.2, 0) is 0 Å². The molecule has 17 heavy (non-hydrogen) atoms. The normalized spacial score (nSPS) is 9.65. The first kappa shape index (κ1) is 11.0. The van der Waals surface area contributed by atoms with Crippen LogP contribution >= 0.6 is 0 Å². The summed E-state index contributed by atoms with van der Waals surface area (Å²) in [6.45, 7) is 0. The molecule has 0 aliphatic heterocycles. The minimum absolute atomic E-state index is 0.0178. The number of nitriles is 1. The van der Waals surface area contributed by atoms with E-state index in [1.165, 1.54) is 12.1 Å². The van der Waals surface area contributed by atoms with Crippen molar-refractivity contribution in [2.24, 2.45) is 0 Å². The Morgan fingerprint density at radius 2 is 1.76 bits per heavy atom. The monoisotopic (exact) mass is 227 g/mol. The van der Waals surface area contributed by atoms with Gasteiger partial charge in [0.2, 0.25) is 0 Å². The highest BCUT2D eigenvalue weighted by Gasteiger charge is 2.08. The van der Waals surface area contributed by atoms with Crippen molar-refractivity contribution in [1.29, 1.82) is 5.26 Å². The zero-order chi connectivity index (χ0) is 12.3. The van der Waals surface area contributed by atoms with Crippen molar-refractivity contribution in [3.05, 3.63) is 53.8 Å². The molecule has 3 N–H and O–H groups in total. The van der Waals surface area contributed by atoms with Gasteiger partial charge in [0.25, 0.3) is 0 Å². The lowest BCUT2D eigenvalue weighted by molar-refractivity contribution is 0.624. The van der Waals surface area contributed by atoms with Crippen LogP contribution in [0.15, 0.2) is 42.5 Å². The molecule has 0 amide bonds. The number of rotatable bonds is 2. The fourth-order valence-corrected chi connectivity index (χ4v) is 1.50. The fourth-order valence-electron chi connectivity index (χ4n) is 1.50. The summed E-state index contributed by atoms with van der Waals surface area (Å²) < 4.78 is 13.4. The molecule has 2 rings (SSSR count). The number of nitrogens with zero attached hydrogens (tertiary/aromatic N) is 1. The van der Waals surface area contributed by atoms with Crippen LogP contribution in [0, 0.1) is 17.1 Å². The van der Waals surface area contributed by atoms with Crippen molar-refractivity contribution < 1.29 is 4.39 Å². The van der Waals surface area contributed by atoms with Crippen LogP contribution in [0.2, 0.25) is 0 Å². The summed E-state index contributed by atoms with van der Waals surface area (Å²) in [7, 11) is 0. The van der Waals surface area contributed by atoms with E-state index in [1.54, 1.807) is 24.3 Å². The number of halogens is 1. The fraction of sp³-hybridized carbons (Fsp3) is 0. The summed E-state index contributed by atoms with van der Waals surface area (Å²) in [4.78, 5) is 0. The Morgan fingerprint density at radius 1 is 1.06 bits per heavy atom. The van der Waals surface area contributed by atoms with Gasteiger partial charge in [0.05, 0.1) is 17.1 Å². The maximum atomic E-state index is 13.4. The van der Waals surface area contributed by atoms with Crippen molar-refractivity contribution in [3.63, 3.8) is 0 Å². The molecule has 2 aromatic rings. The van der Waals surface area contributed by atoms with E-state index in [-0.39, 0.29) is 5.56 Å². The van der Waals surface area contributed by atoms with E-state index in [0.29, 0.717) is 17.1 Å². The molecule has 0 atom stereocenters. The molecular weight excluding hydrogens is 217 g/mol. The highest BCUT2D eigenvalue weighted by atomic mass is 19.1. The van der Waals surface area contributed by atoms with Crippen molar-refractivity contribution in [2.45, 2.75) is 0 Å². The largest absolute Gasteiger partial charge is 0.397 e. The van der Waals surface area contributed by atoms with E-state index in [2.05, 4.69) is 5.32 Å². The molecule has 0 aliphatic rings. The molecule has 0 spiro atoms. The summed E-state index contributed by atoms with van der Waals surface area (Å²) in [5.74, 6) is -0.549. The van der Waals surface area contributed by atoms with Crippen LogP contribution in [0.25, 0.3) is 0 Å². The standard InChI is InChI=1S/C13H10FN3/c14-10-4-3-7-12(9(10)8-15)17-13-6-2-1-5-11(13)16/h1-7,17H,16H2. The number of anilines is 3. The molecule has 0 aliphatic carbocycles. The Labute approximate surface area is 98.3 Å². The second-order valence-corrected chi connectivity index (χ2v) is 3.49. The van der Waals surface area contributed by atoms with Gasteiger partial charge >= 0.3 is 0 Å². The first-order chi connectivity index (χ1) is 8.22. The number of benzene rings is 2. The smallest absolute Gasteiger partial charge is 0.143 e. The Kier molecular flexibility index (Phi) is 2.93. The first-order valence-electron chi connectivity index (χ1n) is 5.02. The molecule has 0 radical (unpaired) electrons. The molecule has 0 unspecified atom stereocenters. The van der Waals surface area contributed by atoms with Crippen LogP contribution < -0.4 is 11.1 Å². The maximum Gasteiger partial charge on any atom is 0.143 e. The van der Waals surface area contributed by atoms with Crippen LogP contribution in [0.3, 0.4) is 0 Å². The number of nitrogens with one attached hydrogen (secondary N) is 1. The third-order valence-electron chi connectivity index (χ3n) is 2.36. The van der Waals surface area contributed by atoms with Gasteiger partial charge in [-0.1, -0.05) is 18.2 Å². The molecule has 84 valence electrons. The summed E-state index contributed by atoms with van der Waals surface area (Å²) in [5, 5.41) is 11.8. The van der Waals surface area contributed by atoms with E-state index < -0.39 is 5.82 Å². The predicted molar refractivity (Wildman–Crippen MR) is 65.3 cm³/mol. The zero-order valence-electron chi connectivity index (χ0n) is 8.94. The first-order valence-corrected chi connectivity index (χ1v) is 5.02. The summed E-state index contributed by atoms with van der Waals surface area (Å²) >= 11 is 0. The van der Waals surface area contributed by atoms with Gasteiger partial charge < -0.3 is 11.1 Å². The van der Waals surface area contributed by atoms with Gasteiger partial charge in [-0.25, -0.2) is 4.39 Å². The van der Waals surface area contributed by atoms with Crippen LogP contribution in [0.4, 0.5) is 21.5 Å². The second-order valence-electron chi connectivity index (χ2n) is 3.49. The van der Waals surface area contributed by atoms with Gasteiger partial charge in [0.1, 0.15) is 17.4 Å². The van der Waals surface area contributed by atoms with Gasteiger partial charge in [-0.05, 0) is 24.3 Å². The van der Waals surface area contributed by atoms with E-state index in [4.69, 9.17) is 11.0 Å². The minimum atomic E-state index is -0.549. The van der Waals surface area contributed by atoms with Crippen LogP contribution in [0.1, 0.15) is 5.56 Å². The lowest BCUT2D eigenvalue weighted by atomic mass is 10.1. The summed E-state index contributed by atoms with van der Waals surface area (Å²) in [5.41, 5.74) is 7.34. The van der Waals surface area contributed by atoms with Crippen molar-refractivity contribution in [1.82, 2.24) is 0 Å². The van der Waals surface area contributed by atoms with Gasteiger partial charge in [-0.3, -0.25) is 0 Å². The molecule has 0 fully saturated rings. The molecule has 0 bridgehead atoms. The minimum Gasteiger partial charge on any atom is -0.397 e. The molecule has 0 saturated carbocycles. The second kappa shape index (κ2) is 4.54. The topological polar surface area (TPSA) is 61.8 Å². The molecule has 0 heterocycles. The molecular formula is C13H10FN3. The Hall–Kier alpha value is -2.54. The molecule has 3 nitrogen and oxygen atoms in total. The summed E-state index contributed by atoms with van der Waals surface area (Å²) in [6, 6.07) is 13.4.